The van der Waals surface area contributed by atoms with E-state index in [1.807, 2.05) is 90.1 Å². The Morgan fingerprint density at radius 1 is 0.329 bits per heavy atom. The van der Waals surface area contributed by atoms with Crippen molar-refractivity contribution in [3.63, 3.8) is 0 Å². The van der Waals surface area contributed by atoms with Crippen LogP contribution in [0.25, 0.3) is 90.9 Å². The molecule has 8 bridgehead atoms. The number of fused-ring (bicyclic) bond motifs is 8. The summed E-state index contributed by atoms with van der Waals surface area (Å²) in [5, 5.41) is 53.3. The number of benzene rings is 4. The molecular weight excluding hydrogens is 961 g/mol. The fourth-order valence-electron chi connectivity index (χ4n) is 9.79. The topological polar surface area (TPSA) is 230 Å². The normalized spacial score (nSPS) is 12.8. The van der Waals surface area contributed by atoms with Gasteiger partial charge in [0.1, 0.15) is 11.1 Å². The number of nitrogens with zero attached hydrogens (tertiary/aromatic N) is 6. The summed E-state index contributed by atoms with van der Waals surface area (Å²) in [4.78, 5) is 68.3. The Hall–Kier alpha value is -8.92. The summed E-state index contributed by atoms with van der Waals surface area (Å²) in [6.07, 6.45) is 6.81. The van der Waals surface area contributed by atoms with Crippen molar-refractivity contribution >= 4 is 69.1 Å². The standard InChI is InChI=1S/C60H58N8O8/c1-57(2,3)35-17-13-33(14-18-35)51-39-21-25-43(61-39)53(55-47(65(69)70)29-37(59(7,8)9)30-48(55)66(71)72)45-27-23-41(63-45)52(34-15-19-36(20-16-34)58(4,5)6)42-24-28-46(64-42)54(44-26-22-40(51)62-44)56-49(67(73)74)31-38(60(10,11)12)32-50(56)68(75)76/h13-32,61,64H,1-12H3. The molecule has 9 rings (SSSR count). The maximum absolute atomic E-state index is 13.3. The molecule has 0 fully saturated rings. The van der Waals surface area contributed by atoms with Crippen molar-refractivity contribution in [1.82, 2.24) is 19.9 Å². The van der Waals surface area contributed by atoms with Crippen LogP contribution < -0.4 is 0 Å². The van der Waals surface area contributed by atoms with E-state index in [2.05, 4.69) is 51.5 Å². The number of nitro benzene ring substituents is 4. The summed E-state index contributed by atoms with van der Waals surface area (Å²) in [7, 11) is 0. The summed E-state index contributed by atoms with van der Waals surface area (Å²) >= 11 is 0. The fourth-order valence-corrected chi connectivity index (χ4v) is 9.79. The Kier molecular flexibility index (Phi) is 12.6. The molecule has 0 amide bonds. The molecule has 0 unspecified atom stereocenters. The second-order valence-corrected chi connectivity index (χ2v) is 23.5. The monoisotopic (exact) mass is 1020 g/mol. The molecule has 0 aliphatic carbocycles. The summed E-state index contributed by atoms with van der Waals surface area (Å²) in [5.74, 6) is 0. The molecule has 2 aliphatic rings. The molecule has 0 saturated heterocycles. The smallest absolute Gasteiger partial charge is 0.284 e. The van der Waals surface area contributed by atoms with Gasteiger partial charge in [0.15, 0.2) is 0 Å². The Labute approximate surface area is 438 Å². The van der Waals surface area contributed by atoms with E-state index in [4.69, 9.17) is 9.97 Å². The molecule has 16 nitrogen and oxygen atoms in total. The predicted octanol–water partition coefficient (Wildman–Crippen LogP) is 16.1. The minimum absolute atomic E-state index is 0.102. The molecule has 386 valence electrons. The highest BCUT2D eigenvalue weighted by atomic mass is 16.6. The van der Waals surface area contributed by atoms with Gasteiger partial charge in [-0.15, -0.1) is 0 Å². The second kappa shape index (κ2) is 18.5. The largest absolute Gasteiger partial charge is 0.354 e. The van der Waals surface area contributed by atoms with E-state index in [1.54, 1.807) is 48.6 Å². The van der Waals surface area contributed by atoms with Crippen molar-refractivity contribution in [1.29, 1.82) is 0 Å². The molecule has 0 atom stereocenters. The van der Waals surface area contributed by atoms with E-state index in [0.29, 0.717) is 55.8 Å². The molecule has 5 heterocycles. The molecule has 16 heteroatoms. The number of hydrogen-bond donors (Lipinski definition) is 2. The van der Waals surface area contributed by atoms with Crippen molar-refractivity contribution < 1.29 is 19.7 Å². The zero-order valence-electron chi connectivity index (χ0n) is 44.5. The van der Waals surface area contributed by atoms with Crippen molar-refractivity contribution in [2.24, 2.45) is 0 Å². The van der Waals surface area contributed by atoms with E-state index < -0.39 is 53.3 Å². The van der Waals surface area contributed by atoms with Crippen molar-refractivity contribution in [3.05, 3.63) is 183 Å². The molecular formula is C60H58N8O8. The van der Waals surface area contributed by atoms with Gasteiger partial charge in [-0.1, -0.05) is 132 Å². The van der Waals surface area contributed by atoms with Crippen LogP contribution >= 0.6 is 0 Å². The number of H-pyrrole nitrogens is 2. The third kappa shape index (κ3) is 9.57. The van der Waals surface area contributed by atoms with Gasteiger partial charge in [0, 0.05) is 68.6 Å². The first-order chi connectivity index (χ1) is 35.5. The molecule has 0 radical (unpaired) electrons. The van der Waals surface area contributed by atoms with Crippen LogP contribution in [0.15, 0.2) is 97.1 Å². The predicted molar refractivity (Wildman–Crippen MR) is 302 cm³/mol. The lowest BCUT2D eigenvalue weighted by atomic mass is 9.84. The summed E-state index contributed by atoms with van der Waals surface area (Å²) in [6.45, 7) is 23.5. The second-order valence-electron chi connectivity index (χ2n) is 23.5. The number of aromatic nitrogens is 4. The first-order valence-corrected chi connectivity index (χ1v) is 24.8. The summed E-state index contributed by atoms with van der Waals surface area (Å²) in [6, 6.07) is 28.2. The van der Waals surface area contributed by atoms with Gasteiger partial charge < -0.3 is 9.97 Å². The lowest BCUT2D eigenvalue weighted by Gasteiger charge is -2.19. The average molecular weight is 1020 g/mol. The highest BCUT2D eigenvalue weighted by Crippen LogP contribution is 2.48. The van der Waals surface area contributed by atoms with Crippen molar-refractivity contribution in [3.8, 4) is 44.5 Å². The number of aromatic amines is 2. The maximum atomic E-state index is 13.3. The number of nitrogens with one attached hydrogen (secondary N) is 2. The molecule has 76 heavy (non-hydrogen) atoms. The van der Waals surface area contributed by atoms with Gasteiger partial charge >= 0.3 is 0 Å². The lowest BCUT2D eigenvalue weighted by Crippen LogP contribution is -2.13. The summed E-state index contributed by atoms with van der Waals surface area (Å²) < 4.78 is 0. The zero-order valence-corrected chi connectivity index (χ0v) is 44.5. The van der Waals surface area contributed by atoms with Gasteiger partial charge in [-0.3, -0.25) is 40.5 Å². The van der Waals surface area contributed by atoms with Crippen molar-refractivity contribution in [2.45, 2.75) is 105 Å². The van der Waals surface area contributed by atoms with Crippen LogP contribution in [0, 0.1) is 40.5 Å². The number of hydrogen-bond acceptors (Lipinski definition) is 10. The van der Waals surface area contributed by atoms with Gasteiger partial charge in [-0.2, -0.15) is 0 Å². The molecule has 2 N–H and O–H groups in total. The fraction of sp³-hybridized carbons (Fsp3) is 0.267. The Bertz CT molecular complexity index is 3530. The minimum Gasteiger partial charge on any atom is -0.354 e. The average Bonchev–Trinajstić information content (AvgIpc) is 4.22. The molecule has 0 saturated carbocycles. The van der Waals surface area contributed by atoms with Crippen LogP contribution in [0.2, 0.25) is 0 Å². The lowest BCUT2D eigenvalue weighted by molar-refractivity contribution is -0.393. The van der Waals surface area contributed by atoms with Crippen LogP contribution in [0.5, 0.6) is 0 Å². The number of rotatable bonds is 8. The molecule has 3 aromatic heterocycles. The van der Waals surface area contributed by atoms with Crippen molar-refractivity contribution in [2.75, 3.05) is 0 Å². The van der Waals surface area contributed by atoms with Crippen LogP contribution in [-0.4, -0.2) is 39.6 Å². The van der Waals surface area contributed by atoms with Gasteiger partial charge in [0.05, 0.1) is 42.5 Å². The van der Waals surface area contributed by atoms with E-state index in [0.717, 1.165) is 11.1 Å². The van der Waals surface area contributed by atoms with E-state index >= 15 is 0 Å². The number of nitro groups is 4. The highest BCUT2D eigenvalue weighted by Gasteiger charge is 2.36. The third-order valence-corrected chi connectivity index (χ3v) is 14.0. The van der Waals surface area contributed by atoms with Crippen LogP contribution in [0.1, 0.15) is 128 Å². The third-order valence-electron chi connectivity index (χ3n) is 14.0. The Morgan fingerprint density at radius 2 is 0.566 bits per heavy atom. The van der Waals surface area contributed by atoms with Gasteiger partial charge in [-0.05, 0) is 104 Å². The van der Waals surface area contributed by atoms with E-state index in [1.165, 1.54) is 24.3 Å². The first-order valence-electron chi connectivity index (χ1n) is 24.8. The van der Waals surface area contributed by atoms with E-state index in [9.17, 15) is 40.5 Å². The highest BCUT2D eigenvalue weighted by molar-refractivity contribution is 6.03. The zero-order chi connectivity index (χ0) is 55.1. The Balaban J connectivity index is 1.54. The first kappa shape index (κ1) is 52.0. The molecule has 7 aromatic rings. The maximum Gasteiger partial charge on any atom is 0.284 e. The Morgan fingerprint density at radius 3 is 0.803 bits per heavy atom. The van der Waals surface area contributed by atoms with Gasteiger partial charge in [0.25, 0.3) is 22.7 Å². The quantitative estimate of drug-likeness (QED) is 0.108. The van der Waals surface area contributed by atoms with Gasteiger partial charge in [0.2, 0.25) is 0 Å². The van der Waals surface area contributed by atoms with Gasteiger partial charge in [-0.25, -0.2) is 9.97 Å². The molecule has 0 spiro atoms. The van der Waals surface area contributed by atoms with Crippen LogP contribution in [0.3, 0.4) is 0 Å². The van der Waals surface area contributed by atoms with Crippen LogP contribution in [0.4, 0.5) is 22.7 Å². The molecule has 2 aliphatic heterocycles. The summed E-state index contributed by atoms with van der Waals surface area (Å²) in [5.41, 5.74) is 3.81. The minimum atomic E-state index is -0.702. The van der Waals surface area contributed by atoms with E-state index in [-0.39, 0.29) is 55.5 Å². The SMILES string of the molecule is CC(C)(C)c1ccc(-c2c3nc(c(-c4c([N+](=O)[O-])cc(C(C)(C)C)cc4[N+](=O)[O-])c4ccc([nH]4)c(-c4ccc(C(C)(C)C)cc4)c4nc(c(-c5c([N+](=O)[O-])cc(C(C)(C)C)cc5[N+](=O)[O-])c5ccc2[nH]5)C=C4)C=C3)cc1. The molecule has 4 aromatic carbocycles. The van der Waals surface area contributed by atoms with Crippen LogP contribution in [-0.2, 0) is 21.7 Å².